The number of benzene rings is 2. The van der Waals surface area contributed by atoms with Crippen molar-refractivity contribution in [1.82, 2.24) is 10.2 Å². The van der Waals surface area contributed by atoms with Gasteiger partial charge in [-0.2, -0.15) is 18.2 Å². The number of nitrogens with zero attached hydrogens (tertiary/aromatic N) is 3. The number of amides is 1. The second kappa shape index (κ2) is 17.3. The van der Waals surface area contributed by atoms with E-state index in [0.717, 1.165) is 6.26 Å². The van der Waals surface area contributed by atoms with Crippen molar-refractivity contribution < 1.29 is 37.3 Å². The van der Waals surface area contributed by atoms with E-state index in [2.05, 4.69) is 26.6 Å². The lowest BCUT2D eigenvalue weighted by molar-refractivity contribution is -0.169. The van der Waals surface area contributed by atoms with Gasteiger partial charge in [-0.1, -0.05) is 38.1 Å². The Bertz CT molecular complexity index is 1320. The SMILES string of the molecule is C=COC(O)N(CCCOc1ccc(CN=C(N)N=C(N)OCC(F)(F)F)cc1Cl)CC(C)(C)CNC(=O)c1ccc(N)cc1. The molecule has 0 aliphatic rings. The zero-order valence-corrected chi connectivity index (χ0v) is 25.8. The van der Waals surface area contributed by atoms with Crippen LogP contribution in [0.2, 0.25) is 5.02 Å². The van der Waals surface area contributed by atoms with Crippen molar-refractivity contribution in [3.05, 3.63) is 71.5 Å². The predicted octanol–water partition coefficient (Wildman–Crippen LogP) is 3.59. The molecule has 0 saturated heterocycles. The third-order valence-corrected chi connectivity index (χ3v) is 6.23. The Morgan fingerprint density at radius 2 is 1.89 bits per heavy atom. The van der Waals surface area contributed by atoms with Gasteiger partial charge in [-0.15, -0.1) is 0 Å². The number of ether oxygens (including phenoxy) is 3. The molecule has 1 amide bonds. The number of guanidine groups is 1. The minimum absolute atomic E-state index is 0.0221. The molecule has 1 unspecified atom stereocenters. The molecule has 0 heterocycles. The van der Waals surface area contributed by atoms with Gasteiger partial charge in [0.2, 0.25) is 5.96 Å². The summed E-state index contributed by atoms with van der Waals surface area (Å²) in [4.78, 5) is 21.6. The largest absolute Gasteiger partial charge is 0.492 e. The van der Waals surface area contributed by atoms with Gasteiger partial charge < -0.3 is 41.8 Å². The molecule has 0 fully saturated rings. The fraction of sp³-hybridized carbons (Fsp3) is 0.414. The molecular weight excluding hydrogens is 619 g/mol. The highest BCUT2D eigenvalue weighted by atomic mass is 35.5. The number of rotatable bonds is 16. The second-order valence-electron chi connectivity index (χ2n) is 10.6. The van der Waals surface area contributed by atoms with Gasteiger partial charge in [-0.25, -0.2) is 9.89 Å². The van der Waals surface area contributed by atoms with Crippen molar-refractivity contribution in [2.75, 3.05) is 38.6 Å². The summed E-state index contributed by atoms with van der Waals surface area (Å²) >= 11 is 6.34. The number of hydrogen-bond donors (Lipinski definition) is 5. The standard InChI is InChI=1S/C29H39ClF3N7O5/c1-4-43-27(42)40(17-28(2,3)16-38-24(41)20-7-9-21(34)10-8-20)12-5-13-44-23-11-6-19(14-22(23)30)15-37-25(35)39-26(36)45-18-29(31,32)33/h4,6-11,14,27,42H,1,5,12-13,15-18,34H2,2-3H3,(H,38,41)(H4,35,36,37,39). The summed E-state index contributed by atoms with van der Waals surface area (Å²) in [5, 5.41) is 13.7. The highest BCUT2D eigenvalue weighted by Crippen LogP contribution is 2.26. The molecule has 2 aromatic carbocycles. The van der Waals surface area contributed by atoms with Crippen LogP contribution in [0, 0.1) is 5.41 Å². The molecule has 45 heavy (non-hydrogen) atoms. The molecule has 16 heteroatoms. The summed E-state index contributed by atoms with van der Waals surface area (Å²) in [5.41, 5.74) is 17.8. The zero-order chi connectivity index (χ0) is 33.6. The minimum atomic E-state index is -4.57. The Kier molecular flexibility index (Phi) is 14.2. The van der Waals surface area contributed by atoms with Crippen molar-refractivity contribution in [3.63, 3.8) is 0 Å². The number of aliphatic imine (C=N–C) groups is 2. The van der Waals surface area contributed by atoms with Gasteiger partial charge in [0.15, 0.2) is 6.61 Å². The number of anilines is 1. The molecule has 0 aliphatic heterocycles. The maximum atomic E-state index is 12.5. The molecule has 0 aromatic heterocycles. The maximum absolute atomic E-state index is 12.5. The number of alkyl halides is 3. The van der Waals surface area contributed by atoms with E-state index in [0.29, 0.717) is 53.6 Å². The smallest absolute Gasteiger partial charge is 0.422 e. The van der Waals surface area contributed by atoms with Gasteiger partial charge in [-0.3, -0.25) is 4.79 Å². The highest BCUT2D eigenvalue weighted by Gasteiger charge is 2.29. The number of amidine groups is 1. The summed E-state index contributed by atoms with van der Waals surface area (Å²) in [7, 11) is 0. The quantitative estimate of drug-likeness (QED) is 0.0450. The molecule has 8 N–H and O–H groups in total. The van der Waals surface area contributed by atoms with Gasteiger partial charge in [0, 0.05) is 30.9 Å². The van der Waals surface area contributed by atoms with Gasteiger partial charge in [0.25, 0.3) is 18.3 Å². The lowest BCUT2D eigenvalue weighted by Gasteiger charge is -2.35. The van der Waals surface area contributed by atoms with Crippen LogP contribution in [-0.2, 0) is 16.0 Å². The Morgan fingerprint density at radius 3 is 2.51 bits per heavy atom. The third-order valence-electron chi connectivity index (χ3n) is 5.94. The first-order chi connectivity index (χ1) is 21.1. The van der Waals surface area contributed by atoms with Crippen LogP contribution in [0.4, 0.5) is 18.9 Å². The molecule has 0 radical (unpaired) electrons. The van der Waals surface area contributed by atoms with Gasteiger partial charge in [0.1, 0.15) is 5.75 Å². The molecule has 2 rings (SSSR count). The third kappa shape index (κ3) is 14.4. The first kappa shape index (κ1) is 37.0. The maximum Gasteiger partial charge on any atom is 0.422 e. The molecule has 12 nitrogen and oxygen atoms in total. The van der Waals surface area contributed by atoms with E-state index in [9.17, 15) is 23.1 Å². The Hall–Kier alpha value is -4.21. The number of nitrogen functional groups attached to an aromatic ring is 1. The molecule has 0 saturated carbocycles. The Balaban J connectivity index is 1.89. The minimum Gasteiger partial charge on any atom is -0.492 e. The van der Waals surface area contributed by atoms with Gasteiger partial charge in [-0.05, 0) is 53.8 Å². The van der Waals surface area contributed by atoms with Gasteiger partial charge >= 0.3 is 6.18 Å². The van der Waals surface area contributed by atoms with Crippen LogP contribution in [0.3, 0.4) is 0 Å². The average molecular weight is 658 g/mol. The van der Waals surface area contributed by atoms with E-state index in [-0.39, 0.29) is 25.0 Å². The van der Waals surface area contributed by atoms with Crippen LogP contribution < -0.4 is 27.3 Å². The lowest BCUT2D eigenvalue weighted by atomic mass is 9.92. The number of aliphatic hydroxyl groups excluding tert-OH is 1. The van der Waals surface area contributed by atoms with E-state index in [1.165, 1.54) is 0 Å². The summed E-state index contributed by atoms with van der Waals surface area (Å²) in [6.07, 6.45) is -4.20. The van der Waals surface area contributed by atoms with Crippen molar-refractivity contribution in [3.8, 4) is 5.75 Å². The molecule has 0 bridgehead atoms. The first-order valence-electron chi connectivity index (χ1n) is 13.7. The molecule has 2 aromatic rings. The number of hydrogen-bond acceptors (Lipinski definition) is 8. The number of nitrogens with one attached hydrogen (secondary N) is 1. The summed E-state index contributed by atoms with van der Waals surface area (Å²) < 4.78 is 51.8. The fourth-order valence-corrected chi connectivity index (χ4v) is 4.08. The average Bonchev–Trinajstić information content (AvgIpc) is 2.96. The number of carbonyl (C=O) groups is 1. The molecular formula is C29H39ClF3N7O5. The Morgan fingerprint density at radius 1 is 1.20 bits per heavy atom. The van der Waals surface area contributed by atoms with E-state index in [1.54, 1.807) is 47.4 Å². The van der Waals surface area contributed by atoms with E-state index in [4.69, 9.17) is 38.3 Å². The number of carbonyl (C=O) groups excluding carboxylic acids is 1. The van der Waals surface area contributed by atoms with Crippen LogP contribution in [0.15, 0.2) is 65.3 Å². The monoisotopic (exact) mass is 657 g/mol. The molecule has 0 spiro atoms. The van der Waals surface area contributed by atoms with Gasteiger partial charge in [0.05, 0.1) is 24.4 Å². The predicted molar refractivity (Wildman–Crippen MR) is 166 cm³/mol. The highest BCUT2D eigenvalue weighted by molar-refractivity contribution is 6.32. The number of halogens is 4. The molecule has 248 valence electrons. The summed E-state index contributed by atoms with van der Waals surface area (Å²) in [6, 6.07) is 10.7. The molecule has 0 aliphatic carbocycles. The van der Waals surface area contributed by atoms with E-state index < -0.39 is 30.6 Å². The van der Waals surface area contributed by atoms with Crippen LogP contribution in [0.25, 0.3) is 0 Å². The second-order valence-corrected chi connectivity index (χ2v) is 11.0. The summed E-state index contributed by atoms with van der Waals surface area (Å²) in [6.45, 7) is 7.14. The topological polar surface area (TPSA) is 183 Å². The van der Waals surface area contributed by atoms with Crippen LogP contribution in [0.1, 0.15) is 36.2 Å². The van der Waals surface area contributed by atoms with Crippen molar-refractivity contribution >= 4 is 35.2 Å². The van der Waals surface area contributed by atoms with E-state index >= 15 is 0 Å². The fourth-order valence-electron chi connectivity index (χ4n) is 3.82. The number of nitrogens with two attached hydrogens (primary N) is 3. The summed E-state index contributed by atoms with van der Waals surface area (Å²) in [5.74, 6) is -0.206. The van der Waals surface area contributed by atoms with Crippen molar-refractivity contribution in [2.24, 2.45) is 26.9 Å². The normalized spacial score (nSPS) is 13.3. The lowest BCUT2D eigenvalue weighted by Crippen LogP contribution is -2.47. The van der Waals surface area contributed by atoms with Crippen LogP contribution >= 0.6 is 11.6 Å². The zero-order valence-electron chi connectivity index (χ0n) is 25.0. The number of aliphatic hydroxyl groups is 1. The molecule has 1 atom stereocenters. The first-order valence-corrected chi connectivity index (χ1v) is 14.0. The van der Waals surface area contributed by atoms with Crippen LogP contribution in [0.5, 0.6) is 5.75 Å². The van der Waals surface area contributed by atoms with Crippen molar-refractivity contribution in [2.45, 2.75) is 39.4 Å². The van der Waals surface area contributed by atoms with Crippen molar-refractivity contribution in [1.29, 1.82) is 0 Å². The van der Waals surface area contributed by atoms with E-state index in [1.807, 2.05) is 13.8 Å². The Labute approximate surface area is 264 Å². The van der Waals surface area contributed by atoms with Crippen LogP contribution in [-0.4, -0.2) is 73.3 Å².